The summed E-state index contributed by atoms with van der Waals surface area (Å²) in [6, 6.07) is 1.42. The van der Waals surface area contributed by atoms with E-state index in [4.69, 9.17) is 0 Å². The lowest BCUT2D eigenvalue weighted by atomic mass is 10.3. The van der Waals surface area contributed by atoms with Crippen molar-refractivity contribution in [2.75, 3.05) is 18.8 Å². The first kappa shape index (κ1) is 13.3. The van der Waals surface area contributed by atoms with Crippen molar-refractivity contribution in [3.8, 4) is 0 Å². The number of hydrogen-bond acceptors (Lipinski definition) is 5. The summed E-state index contributed by atoms with van der Waals surface area (Å²) in [4.78, 5) is 48.5. The molecule has 0 unspecified atom stereocenters. The summed E-state index contributed by atoms with van der Waals surface area (Å²) in [5, 5.41) is 2.27. The van der Waals surface area contributed by atoms with Gasteiger partial charge in [0.05, 0.1) is 5.75 Å². The van der Waals surface area contributed by atoms with Crippen LogP contribution in [0.15, 0.2) is 12.3 Å². The van der Waals surface area contributed by atoms with Gasteiger partial charge in [-0.15, -0.1) is 0 Å². The molecule has 0 radical (unpaired) electrons. The fraction of sp³-hybridized carbons (Fsp3) is 0.273. The second-order valence-corrected chi connectivity index (χ2v) is 4.75. The van der Waals surface area contributed by atoms with Crippen molar-refractivity contribution >= 4 is 35.1 Å². The lowest BCUT2D eigenvalue weighted by molar-refractivity contribution is -0.124. The fourth-order valence-corrected chi connectivity index (χ4v) is 2.34. The Hall–Kier alpha value is -2.09. The maximum absolute atomic E-state index is 11.7. The van der Waals surface area contributed by atoms with Gasteiger partial charge in [0.2, 0.25) is 5.91 Å². The zero-order valence-electron chi connectivity index (χ0n) is 9.84. The molecule has 0 atom stereocenters. The first-order valence-corrected chi connectivity index (χ1v) is 6.49. The van der Waals surface area contributed by atoms with Crippen LogP contribution in [0.25, 0.3) is 0 Å². The minimum Gasteiger partial charge on any atom is -0.357 e. The highest BCUT2D eigenvalue weighted by Gasteiger charge is 2.29. The largest absolute Gasteiger partial charge is 0.357 e. The standard InChI is InChI=1S/C11H11N3O4S/c15-5-7-3-8(13-4-7)10(17)12-1-2-14-9(16)6-19-11(14)18/h3-5,13H,1-2,6H2,(H,12,17). The van der Waals surface area contributed by atoms with Crippen LogP contribution in [-0.4, -0.2) is 52.1 Å². The van der Waals surface area contributed by atoms with Crippen molar-refractivity contribution < 1.29 is 19.2 Å². The minimum absolute atomic E-state index is 0.150. The van der Waals surface area contributed by atoms with Crippen LogP contribution in [0.4, 0.5) is 4.79 Å². The monoisotopic (exact) mass is 281 g/mol. The van der Waals surface area contributed by atoms with Crippen molar-refractivity contribution in [2.24, 2.45) is 0 Å². The normalized spacial score (nSPS) is 14.8. The quantitative estimate of drug-likeness (QED) is 0.754. The Balaban J connectivity index is 1.82. The third-order valence-corrected chi connectivity index (χ3v) is 3.41. The molecule has 1 aliphatic heterocycles. The van der Waals surface area contributed by atoms with E-state index in [2.05, 4.69) is 10.3 Å². The molecule has 3 amide bonds. The predicted molar refractivity (Wildman–Crippen MR) is 68.1 cm³/mol. The van der Waals surface area contributed by atoms with Gasteiger partial charge in [0.25, 0.3) is 11.1 Å². The summed E-state index contributed by atoms with van der Waals surface area (Å²) >= 11 is 0.955. The van der Waals surface area contributed by atoms with Gasteiger partial charge in [-0.3, -0.25) is 24.1 Å². The van der Waals surface area contributed by atoms with E-state index in [9.17, 15) is 19.2 Å². The van der Waals surface area contributed by atoms with Crippen LogP contribution >= 0.6 is 11.8 Å². The number of aromatic nitrogens is 1. The molecule has 1 aliphatic rings. The smallest absolute Gasteiger partial charge is 0.288 e. The third kappa shape index (κ3) is 3.02. The van der Waals surface area contributed by atoms with Crippen LogP contribution in [0.3, 0.4) is 0 Å². The summed E-state index contributed by atoms with van der Waals surface area (Å²) < 4.78 is 0. The second-order valence-electron chi connectivity index (χ2n) is 3.82. The topological polar surface area (TPSA) is 99.3 Å². The molecule has 0 bridgehead atoms. The Labute approximate surface area is 112 Å². The highest BCUT2D eigenvalue weighted by atomic mass is 32.2. The predicted octanol–water partition coefficient (Wildman–Crippen LogP) is 0.252. The van der Waals surface area contributed by atoms with E-state index in [1.54, 1.807) is 0 Å². The number of aromatic amines is 1. The van der Waals surface area contributed by atoms with E-state index in [-0.39, 0.29) is 41.6 Å². The van der Waals surface area contributed by atoms with Crippen molar-refractivity contribution in [3.63, 3.8) is 0 Å². The molecule has 19 heavy (non-hydrogen) atoms. The maximum Gasteiger partial charge on any atom is 0.288 e. The Morgan fingerprint density at radius 1 is 1.53 bits per heavy atom. The summed E-state index contributed by atoms with van der Waals surface area (Å²) in [6.45, 7) is 0.323. The van der Waals surface area contributed by atoms with Gasteiger partial charge < -0.3 is 10.3 Å². The maximum atomic E-state index is 11.7. The third-order valence-electron chi connectivity index (χ3n) is 2.55. The van der Waals surface area contributed by atoms with E-state index in [0.717, 1.165) is 16.7 Å². The molecule has 1 aromatic rings. The minimum atomic E-state index is -0.389. The number of carbonyl (C=O) groups excluding carboxylic acids is 4. The first-order valence-electron chi connectivity index (χ1n) is 5.50. The zero-order chi connectivity index (χ0) is 13.8. The second kappa shape index (κ2) is 5.70. The van der Waals surface area contributed by atoms with Gasteiger partial charge in [-0.1, -0.05) is 11.8 Å². The first-order chi connectivity index (χ1) is 9.11. The molecule has 1 fully saturated rings. The molecule has 1 aromatic heterocycles. The van der Waals surface area contributed by atoms with Gasteiger partial charge >= 0.3 is 0 Å². The molecule has 1 saturated heterocycles. The van der Waals surface area contributed by atoms with E-state index < -0.39 is 0 Å². The van der Waals surface area contributed by atoms with Crippen molar-refractivity contribution in [1.29, 1.82) is 0 Å². The molecule has 8 heteroatoms. The summed E-state index contributed by atoms with van der Waals surface area (Å²) in [6.07, 6.45) is 2.05. The van der Waals surface area contributed by atoms with Gasteiger partial charge in [0, 0.05) is 24.8 Å². The lowest BCUT2D eigenvalue weighted by Crippen LogP contribution is -2.37. The molecule has 2 rings (SSSR count). The number of aldehydes is 1. The van der Waals surface area contributed by atoms with Crippen LogP contribution in [0.1, 0.15) is 20.8 Å². The molecule has 0 aromatic carbocycles. The Morgan fingerprint density at radius 2 is 2.32 bits per heavy atom. The average molecular weight is 281 g/mol. The zero-order valence-corrected chi connectivity index (χ0v) is 10.7. The summed E-state index contributed by atoms with van der Waals surface area (Å²) in [5.74, 6) is -0.473. The number of thioether (sulfide) groups is 1. The number of H-pyrrole nitrogens is 1. The number of nitrogens with zero attached hydrogens (tertiary/aromatic N) is 1. The highest BCUT2D eigenvalue weighted by molar-refractivity contribution is 8.14. The van der Waals surface area contributed by atoms with Gasteiger partial charge in [0.15, 0.2) is 6.29 Å². The average Bonchev–Trinajstić information content (AvgIpc) is 2.99. The molecule has 2 N–H and O–H groups in total. The van der Waals surface area contributed by atoms with E-state index in [0.29, 0.717) is 11.8 Å². The van der Waals surface area contributed by atoms with Crippen LogP contribution in [0, 0.1) is 0 Å². The van der Waals surface area contributed by atoms with Crippen LogP contribution in [-0.2, 0) is 4.79 Å². The molecular weight excluding hydrogens is 270 g/mol. The number of rotatable bonds is 5. The van der Waals surface area contributed by atoms with Crippen molar-refractivity contribution in [2.45, 2.75) is 0 Å². The SMILES string of the molecule is O=Cc1c[nH]c(C(=O)NCCN2C(=O)CSC2=O)c1. The van der Waals surface area contributed by atoms with Crippen LogP contribution in [0.2, 0.25) is 0 Å². The van der Waals surface area contributed by atoms with E-state index in [1.807, 2.05) is 0 Å². The van der Waals surface area contributed by atoms with Gasteiger partial charge in [0.1, 0.15) is 5.69 Å². The van der Waals surface area contributed by atoms with Crippen LogP contribution in [0.5, 0.6) is 0 Å². The Bertz CT molecular complexity index is 524. The van der Waals surface area contributed by atoms with E-state index in [1.165, 1.54) is 12.3 Å². The van der Waals surface area contributed by atoms with Crippen molar-refractivity contribution in [3.05, 3.63) is 23.5 Å². The molecule has 0 aliphatic carbocycles. The van der Waals surface area contributed by atoms with Crippen LogP contribution < -0.4 is 5.32 Å². The highest BCUT2D eigenvalue weighted by Crippen LogP contribution is 2.17. The number of nitrogens with one attached hydrogen (secondary N) is 2. The fourth-order valence-electron chi connectivity index (χ4n) is 1.58. The van der Waals surface area contributed by atoms with Crippen molar-refractivity contribution in [1.82, 2.24) is 15.2 Å². The molecular formula is C11H11N3O4S. The molecule has 7 nitrogen and oxygen atoms in total. The number of amides is 3. The molecule has 0 spiro atoms. The Kier molecular flexibility index (Phi) is 4.00. The number of imide groups is 1. The van der Waals surface area contributed by atoms with E-state index >= 15 is 0 Å². The number of hydrogen-bond donors (Lipinski definition) is 2. The Morgan fingerprint density at radius 3 is 2.89 bits per heavy atom. The van der Waals surface area contributed by atoms with Gasteiger partial charge in [-0.2, -0.15) is 0 Å². The van der Waals surface area contributed by atoms with Gasteiger partial charge in [-0.25, -0.2) is 0 Å². The van der Waals surface area contributed by atoms with Gasteiger partial charge in [-0.05, 0) is 6.07 Å². The number of carbonyl (C=O) groups is 4. The molecule has 100 valence electrons. The summed E-state index contributed by atoms with van der Waals surface area (Å²) in [5.41, 5.74) is 0.641. The lowest BCUT2D eigenvalue weighted by Gasteiger charge is -2.12. The molecule has 2 heterocycles. The molecule has 0 saturated carbocycles. The summed E-state index contributed by atoms with van der Waals surface area (Å²) in [7, 11) is 0.